The van der Waals surface area contributed by atoms with Crippen molar-refractivity contribution in [1.82, 2.24) is 5.32 Å². The highest BCUT2D eigenvalue weighted by Crippen LogP contribution is 2.37. The molecule has 4 heteroatoms. The smallest absolute Gasteiger partial charge is 0.129 e. The van der Waals surface area contributed by atoms with Gasteiger partial charge >= 0.3 is 0 Å². The number of aromatic hydroxyl groups is 1. The van der Waals surface area contributed by atoms with Gasteiger partial charge in [0.05, 0.1) is 19.8 Å². The summed E-state index contributed by atoms with van der Waals surface area (Å²) in [6.07, 6.45) is -0.0932. The van der Waals surface area contributed by atoms with Gasteiger partial charge in [0.15, 0.2) is 0 Å². The number of rotatable bonds is 2. The molecule has 0 aliphatic carbocycles. The second kappa shape index (κ2) is 5.07. The van der Waals surface area contributed by atoms with Crippen LogP contribution in [0.5, 0.6) is 11.5 Å². The predicted molar refractivity (Wildman–Crippen MR) is 73.7 cm³/mol. The van der Waals surface area contributed by atoms with Crippen LogP contribution in [0.4, 0.5) is 0 Å². The number of methoxy groups -OCH3 is 1. The van der Waals surface area contributed by atoms with E-state index in [0.717, 1.165) is 35.2 Å². The summed E-state index contributed by atoms with van der Waals surface area (Å²) in [7, 11) is 1.63. The number of ether oxygens (including phenoxy) is 2. The first kappa shape index (κ1) is 12.3. The number of morpholine rings is 1. The molecule has 1 heterocycles. The molecular weight excluding hydrogens is 242 g/mol. The van der Waals surface area contributed by atoms with Gasteiger partial charge in [-0.3, -0.25) is 0 Å². The van der Waals surface area contributed by atoms with Crippen LogP contribution in [0.2, 0.25) is 0 Å². The Morgan fingerprint density at radius 1 is 1.26 bits per heavy atom. The maximum atomic E-state index is 10.5. The zero-order valence-electron chi connectivity index (χ0n) is 10.8. The summed E-state index contributed by atoms with van der Waals surface area (Å²) in [5, 5.41) is 15.4. The minimum atomic E-state index is -0.0932. The van der Waals surface area contributed by atoms with E-state index in [4.69, 9.17) is 9.47 Å². The lowest BCUT2D eigenvalue weighted by molar-refractivity contribution is 0.0264. The van der Waals surface area contributed by atoms with Crippen molar-refractivity contribution in [1.29, 1.82) is 0 Å². The molecule has 1 aliphatic heterocycles. The van der Waals surface area contributed by atoms with E-state index >= 15 is 0 Å². The van der Waals surface area contributed by atoms with Gasteiger partial charge in [-0.15, -0.1) is 0 Å². The molecule has 0 saturated carbocycles. The molecule has 0 bridgehead atoms. The van der Waals surface area contributed by atoms with Crippen molar-refractivity contribution >= 4 is 10.8 Å². The van der Waals surface area contributed by atoms with E-state index in [1.54, 1.807) is 7.11 Å². The Labute approximate surface area is 112 Å². The summed E-state index contributed by atoms with van der Waals surface area (Å²) in [6.45, 7) is 2.25. The minimum Gasteiger partial charge on any atom is -0.507 e. The van der Waals surface area contributed by atoms with Crippen LogP contribution in [0.15, 0.2) is 30.3 Å². The Kier molecular flexibility index (Phi) is 3.27. The van der Waals surface area contributed by atoms with Crippen molar-refractivity contribution in [2.75, 3.05) is 26.8 Å². The van der Waals surface area contributed by atoms with Crippen LogP contribution >= 0.6 is 0 Å². The topological polar surface area (TPSA) is 50.7 Å². The zero-order valence-corrected chi connectivity index (χ0v) is 10.8. The van der Waals surface area contributed by atoms with Crippen LogP contribution in [0.1, 0.15) is 11.7 Å². The van der Waals surface area contributed by atoms with E-state index in [-0.39, 0.29) is 11.9 Å². The molecule has 0 aromatic heterocycles. The molecule has 100 valence electrons. The fraction of sp³-hybridized carbons (Fsp3) is 0.333. The fourth-order valence-electron chi connectivity index (χ4n) is 2.53. The Balaban J connectivity index is 2.10. The van der Waals surface area contributed by atoms with Gasteiger partial charge in [-0.25, -0.2) is 0 Å². The van der Waals surface area contributed by atoms with Crippen LogP contribution in [0.3, 0.4) is 0 Å². The molecule has 2 aromatic rings. The van der Waals surface area contributed by atoms with Gasteiger partial charge in [0.2, 0.25) is 0 Å². The molecule has 1 saturated heterocycles. The molecule has 0 radical (unpaired) electrons. The van der Waals surface area contributed by atoms with Crippen LogP contribution in [0, 0.1) is 0 Å². The number of phenols is 1. The van der Waals surface area contributed by atoms with Crippen molar-refractivity contribution in [3.63, 3.8) is 0 Å². The Morgan fingerprint density at radius 3 is 2.89 bits per heavy atom. The van der Waals surface area contributed by atoms with Gasteiger partial charge in [-0.1, -0.05) is 24.3 Å². The average Bonchev–Trinajstić information content (AvgIpc) is 2.48. The summed E-state index contributed by atoms with van der Waals surface area (Å²) >= 11 is 0. The van der Waals surface area contributed by atoms with Crippen molar-refractivity contribution in [2.45, 2.75) is 6.10 Å². The maximum absolute atomic E-state index is 10.5. The molecule has 4 nitrogen and oxygen atoms in total. The highest BCUT2D eigenvalue weighted by atomic mass is 16.5. The molecule has 2 aromatic carbocycles. The summed E-state index contributed by atoms with van der Waals surface area (Å²) in [5.41, 5.74) is 0.827. The molecule has 19 heavy (non-hydrogen) atoms. The standard InChI is InChI=1S/C15H17NO3/c1-18-13-4-2-3-11-10(13)5-6-12(15(11)17)14-9-16-7-8-19-14/h2-6,14,16-17H,7-9H2,1H3. The second-order valence-corrected chi connectivity index (χ2v) is 4.62. The second-order valence-electron chi connectivity index (χ2n) is 4.62. The summed E-state index contributed by atoms with van der Waals surface area (Å²) in [4.78, 5) is 0. The molecular formula is C15H17NO3. The maximum Gasteiger partial charge on any atom is 0.129 e. The van der Waals surface area contributed by atoms with Crippen molar-refractivity contribution in [3.8, 4) is 11.5 Å². The number of phenolic OH excluding ortho intramolecular Hbond substituents is 1. The van der Waals surface area contributed by atoms with Crippen LogP contribution < -0.4 is 10.1 Å². The Morgan fingerprint density at radius 2 is 2.16 bits per heavy atom. The lowest BCUT2D eigenvalue weighted by Crippen LogP contribution is -2.33. The van der Waals surface area contributed by atoms with E-state index in [2.05, 4.69) is 5.32 Å². The number of hydrogen-bond donors (Lipinski definition) is 2. The van der Waals surface area contributed by atoms with E-state index < -0.39 is 0 Å². The summed E-state index contributed by atoms with van der Waals surface area (Å²) < 4.78 is 11.0. The van der Waals surface area contributed by atoms with Gasteiger partial charge in [0.25, 0.3) is 0 Å². The van der Waals surface area contributed by atoms with Crippen molar-refractivity contribution in [2.24, 2.45) is 0 Å². The molecule has 3 rings (SSSR count). The highest BCUT2D eigenvalue weighted by molar-refractivity contribution is 5.94. The van der Waals surface area contributed by atoms with Gasteiger partial charge < -0.3 is 19.9 Å². The predicted octanol–water partition coefficient (Wildman–Crippen LogP) is 2.21. The van der Waals surface area contributed by atoms with E-state index in [0.29, 0.717) is 6.61 Å². The monoisotopic (exact) mass is 259 g/mol. The molecule has 1 aliphatic rings. The molecule has 0 amide bonds. The summed E-state index contributed by atoms with van der Waals surface area (Å²) in [6, 6.07) is 9.55. The zero-order chi connectivity index (χ0) is 13.2. The minimum absolute atomic E-state index is 0.0932. The first-order chi connectivity index (χ1) is 9.31. The third-order valence-corrected chi connectivity index (χ3v) is 3.52. The van der Waals surface area contributed by atoms with E-state index in [1.165, 1.54) is 0 Å². The molecule has 0 spiro atoms. The third kappa shape index (κ3) is 2.13. The number of nitrogens with one attached hydrogen (secondary N) is 1. The number of fused-ring (bicyclic) bond motifs is 1. The third-order valence-electron chi connectivity index (χ3n) is 3.52. The van der Waals surface area contributed by atoms with Gasteiger partial charge in [-0.2, -0.15) is 0 Å². The van der Waals surface area contributed by atoms with Crippen LogP contribution in [-0.4, -0.2) is 31.9 Å². The highest BCUT2D eigenvalue weighted by Gasteiger charge is 2.20. The lowest BCUT2D eigenvalue weighted by atomic mass is 10.0. The Bertz CT molecular complexity index is 591. The Hall–Kier alpha value is -1.78. The SMILES string of the molecule is COc1cccc2c(O)c(C3CNCCO3)ccc12. The summed E-state index contributed by atoms with van der Waals surface area (Å²) in [5.74, 6) is 1.05. The lowest BCUT2D eigenvalue weighted by Gasteiger charge is -2.25. The van der Waals surface area contributed by atoms with Gasteiger partial charge in [-0.05, 0) is 6.07 Å². The van der Waals surface area contributed by atoms with Gasteiger partial charge in [0, 0.05) is 29.4 Å². The first-order valence-electron chi connectivity index (χ1n) is 6.42. The molecule has 1 atom stereocenters. The number of benzene rings is 2. The normalized spacial score (nSPS) is 19.5. The molecule has 2 N–H and O–H groups in total. The van der Waals surface area contributed by atoms with Crippen LogP contribution in [-0.2, 0) is 4.74 Å². The number of hydrogen-bond acceptors (Lipinski definition) is 4. The van der Waals surface area contributed by atoms with Crippen molar-refractivity contribution < 1.29 is 14.6 Å². The van der Waals surface area contributed by atoms with E-state index in [9.17, 15) is 5.11 Å². The fourth-order valence-corrected chi connectivity index (χ4v) is 2.53. The van der Waals surface area contributed by atoms with Crippen molar-refractivity contribution in [3.05, 3.63) is 35.9 Å². The first-order valence-corrected chi connectivity index (χ1v) is 6.42. The largest absolute Gasteiger partial charge is 0.507 e. The quantitative estimate of drug-likeness (QED) is 0.868. The molecule has 1 fully saturated rings. The van der Waals surface area contributed by atoms with E-state index in [1.807, 2.05) is 30.3 Å². The van der Waals surface area contributed by atoms with Crippen LogP contribution in [0.25, 0.3) is 10.8 Å². The molecule has 1 unspecified atom stereocenters. The average molecular weight is 259 g/mol. The van der Waals surface area contributed by atoms with Gasteiger partial charge in [0.1, 0.15) is 11.5 Å².